The van der Waals surface area contributed by atoms with Gasteiger partial charge >= 0.3 is 0 Å². The van der Waals surface area contributed by atoms with Crippen LogP contribution in [0.2, 0.25) is 0 Å². The van der Waals surface area contributed by atoms with Crippen LogP contribution in [0.1, 0.15) is 19.4 Å². The molecule has 0 aliphatic heterocycles. The van der Waals surface area contributed by atoms with E-state index in [4.69, 9.17) is 0 Å². The number of rotatable bonds is 2. The lowest BCUT2D eigenvalue weighted by Crippen LogP contribution is -2.09. The molecule has 0 aromatic carbocycles. The molecule has 0 bridgehead atoms. The van der Waals surface area contributed by atoms with E-state index < -0.39 is 0 Å². The topological polar surface area (TPSA) is 42.0 Å². The highest BCUT2D eigenvalue weighted by atomic mass is 16.1. The molecule has 3 nitrogen and oxygen atoms in total. The highest BCUT2D eigenvalue weighted by Crippen LogP contribution is 2.11. The van der Waals surface area contributed by atoms with Gasteiger partial charge in [0.25, 0.3) is 0 Å². The molecule has 14 heavy (non-hydrogen) atoms. The summed E-state index contributed by atoms with van der Waals surface area (Å²) in [6.45, 7) is 5.70. The Morgan fingerprint density at radius 2 is 2.21 bits per heavy atom. The molecule has 0 saturated carbocycles. The fraction of sp³-hybridized carbons (Fsp3) is 0.273. The maximum Gasteiger partial charge on any atom is 0.248 e. The molecular weight excluding hydrogens is 176 g/mol. The van der Waals surface area contributed by atoms with E-state index in [-0.39, 0.29) is 5.91 Å². The van der Waals surface area contributed by atoms with Crippen LogP contribution in [-0.2, 0) is 4.79 Å². The molecule has 1 aromatic heterocycles. The number of anilines is 1. The third-order valence-corrected chi connectivity index (χ3v) is 1.72. The molecule has 1 rings (SSSR count). The summed E-state index contributed by atoms with van der Waals surface area (Å²) < 4.78 is 0. The fourth-order valence-corrected chi connectivity index (χ4v) is 1.03. The lowest BCUT2D eigenvalue weighted by Gasteiger charge is -2.04. The number of hydrogen-bond acceptors (Lipinski definition) is 2. The monoisotopic (exact) mass is 190 g/mol. The maximum atomic E-state index is 11.4. The molecule has 0 unspecified atom stereocenters. The van der Waals surface area contributed by atoms with Crippen LogP contribution in [0.25, 0.3) is 0 Å². The second-order valence-electron chi connectivity index (χ2n) is 3.40. The van der Waals surface area contributed by atoms with Crippen molar-refractivity contribution in [3.05, 3.63) is 35.7 Å². The zero-order chi connectivity index (χ0) is 10.6. The van der Waals surface area contributed by atoms with E-state index in [0.29, 0.717) is 0 Å². The molecule has 0 spiro atoms. The Balaban J connectivity index is 2.75. The van der Waals surface area contributed by atoms with Gasteiger partial charge in [-0.05, 0) is 32.4 Å². The van der Waals surface area contributed by atoms with Crippen molar-refractivity contribution in [3.63, 3.8) is 0 Å². The van der Waals surface area contributed by atoms with Crippen LogP contribution < -0.4 is 5.32 Å². The first-order valence-corrected chi connectivity index (χ1v) is 4.46. The smallest absolute Gasteiger partial charge is 0.248 e. The van der Waals surface area contributed by atoms with Gasteiger partial charge in [0.2, 0.25) is 5.91 Å². The SMILES string of the molecule is CC(C)=CC(=O)Nc1cnccc1C. The molecule has 1 aromatic rings. The number of nitrogens with zero attached hydrogens (tertiary/aromatic N) is 1. The first kappa shape index (κ1) is 10.4. The Hall–Kier alpha value is -1.64. The Morgan fingerprint density at radius 1 is 1.50 bits per heavy atom. The summed E-state index contributed by atoms with van der Waals surface area (Å²) in [6, 6.07) is 1.86. The van der Waals surface area contributed by atoms with Gasteiger partial charge in [-0.15, -0.1) is 0 Å². The zero-order valence-corrected chi connectivity index (χ0v) is 8.66. The van der Waals surface area contributed by atoms with Crippen molar-refractivity contribution in [3.8, 4) is 0 Å². The Kier molecular flexibility index (Phi) is 3.40. The number of allylic oxidation sites excluding steroid dienone is 1. The van der Waals surface area contributed by atoms with Crippen molar-refractivity contribution >= 4 is 11.6 Å². The predicted molar refractivity (Wildman–Crippen MR) is 57.0 cm³/mol. The molecule has 1 amide bonds. The summed E-state index contributed by atoms with van der Waals surface area (Å²) in [5.74, 6) is -0.110. The van der Waals surface area contributed by atoms with E-state index in [9.17, 15) is 4.79 Å². The van der Waals surface area contributed by atoms with Crippen molar-refractivity contribution < 1.29 is 4.79 Å². The number of carbonyl (C=O) groups is 1. The molecule has 0 saturated heterocycles. The summed E-state index contributed by atoms with van der Waals surface area (Å²) in [6.07, 6.45) is 4.91. The molecule has 1 N–H and O–H groups in total. The standard InChI is InChI=1S/C11H14N2O/c1-8(2)6-11(14)13-10-7-12-5-4-9(10)3/h4-7H,1-3H3,(H,13,14). The van der Waals surface area contributed by atoms with E-state index in [2.05, 4.69) is 10.3 Å². The van der Waals surface area contributed by atoms with Crippen LogP contribution in [0.3, 0.4) is 0 Å². The van der Waals surface area contributed by atoms with Crippen LogP contribution in [-0.4, -0.2) is 10.9 Å². The second kappa shape index (κ2) is 4.56. The van der Waals surface area contributed by atoms with Gasteiger partial charge in [0.1, 0.15) is 0 Å². The third kappa shape index (κ3) is 3.01. The van der Waals surface area contributed by atoms with E-state index >= 15 is 0 Å². The van der Waals surface area contributed by atoms with Crippen LogP contribution in [0.4, 0.5) is 5.69 Å². The van der Waals surface area contributed by atoms with Gasteiger partial charge in [-0.25, -0.2) is 0 Å². The number of aryl methyl sites for hydroxylation is 1. The number of carbonyl (C=O) groups excluding carboxylic acids is 1. The second-order valence-corrected chi connectivity index (χ2v) is 3.40. The molecule has 0 radical (unpaired) electrons. The molecule has 1 heterocycles. The molecular formula is C11H14N2O. The number of amides is 1. The minimum atomic E-state index is -0.110. The van der Waals surface area contributed by atoms with Crippen molar-refractivity contribution in [1.82, 2.24) is 4.98 Å². The normalized spacial score (nSPS) is 9.36. The van der Waals surface area contributed by atoms with Gasteiger partial charge in [-0.3, -0.25) is 9.78 Å². The van der Waals surface area contributed by atoms with Gasteiger partial charge in [-0.2, -0.15) is 0 Å². The summed E-state index contributed by atoms with van der Waals surface area (Å²) in [5, 5.41) is 2.76. The average molecular weight is 190 g/mol. The highest BCUT2D eigenvalue weighted by molar-refractivity contribution is 5.99. The molecule has 3 heteroatoms. The third-order valence-electron chi connectivity index (χ3n) is 1.72. The Bertz CT molecular complexity index is 365. The fourth-order valence-electron chi connectivity index (χ4n) is 1.03. The van der Waals surface area contributed by atoms with Gasteiger partial charge in [-0.1, -0.05) is 5.57 Å². The lowest BCUT2D eigenvalue weighted by molar-refractivity contribution is -0.111. The van der Waals surface area contributed by atoms with E-state index in [1.54, 1.807) is 18.5 Å². The average Bonchev–Trinajstić information content (AvgIpc) is 2.07. The Morgan fingerprint density at radius 3 is 2.79 bits per heavy atom. The number of nitrogens with one attached hydrogen (secondary N) is 1. The maximum absolute atomic E-state index is 11.4. The first-order valence-electron chi connectivity index (χ1n) is 4.46. The number of pyridine rings is 1. The van der Waals surface area contributed by atoms with Crippen molar-refractivity contribution in [2.45, 2.75) is 20.8 Å². The quantitative estimate of drug-likeness (QED) is 0.727. The molecule has 0 aliphatic carbocycles. The summed E-state index contributed by atoms with van der Waals surface area (Å²) in [5.41, 5.74) is 2.74. The Labute approximate surface area is 83.9 Å². The zero-order valence-electron chi connectivity index (χ0n) is 8.66. The van der Waals surface area contributed by atoms with Gasteiger partial charge in [0.15, 0.2) is 0 Å². The molecule has 0 fully saturated rings. The first-order chi connectivity index (χ1) is 6.59. The minimum Gasteiger partial charge on any atom is -0.321 e. The van der Waals surface area contributed by atoms with Gasteiger partial charge in [0, 0.05) is 12.3 Å². The lowest BCUT2D eigenvalue weighted by atomic mass is 10.2. The van der Waals surface area contributed by atoms with Crippen LogP contribution in [0.15, 0.2) is 30.1 Å². The van der Waals surface area contributed by atoms with Crippen LogP contribution in [0, 0.1) is 6.92 Å². The largest absolute Gasteiger partial charge is 0.321 e. The van der Waals surface area contributed by atoms with E-state index in [1.165, 1.54) is 0 Å². The van der Waals surface area contributed by atoms with Gasteiger partial charge in [0.05, 0.1) is 11.9 Å². The highest BCUT2D eigenvalue weighted by Gasteiger charge is 2.00. The summed E-state index contributed by atoms with van der Waals surface area (Å²) in [7, 11) is 0. The van der Waals surface area contributed by atoms with Crippen LogP contribution in [0.5, 0.6) is 0 Å². The van der Waals surface area contributed by atoms with Crippen molar-refractivity contribution in [1.29, 1.82) is 0 Å². The molecule has 0 atom stereocenters. The summed E-state index contributed by atoms with van der Waals surface area (Å²) in [4.78, 5) is 15.3. The minimum absolute atomic E-state index is 0.110. The van der Waals surface area contributed by atoms with Crippen molar-refractivity contribution in [2.24, 2.45) is 0 Å². The van der Waals surface area contributed by atoms with Crippen LogP contribution >= 0.6 is 0 Å². The molecule has 0 aliphatic rings. The number of aromatic nitrogens is 1. The van der Waals surface area contributed by atoms with Gasteiger partial charge < -0.3 is 5.32 Å². The van der Waals surface area contributed by atoms with E-state index in [0.717, 1.165) is 16.8 Å². The molecule has 74 valence electrons. The van der Waals surface area contributed by atoms with E-state index in [1.807, 2.05) is 26.8 Å². The predicted octanol–water partition coefficient (Wildman–Crippen LogP) is 2.29. The van der Waals surface area contributed by atoms with Crippen molar-refractivity contribution in [2.75, 3.05) is 5.32 Å². The summed E-state index contributed by atoms with van der Waals surface area (Å²) >= 11 is 0. The number of hydrogen-bond donors (Lipinski definition) is 1.